The van der Waals surface area contributed by atoms with Crippen LogP contribution in [0.15, 0.2) is 30.3 Å². The van der Waals surface area contributed by atoms with Crippen LogP contribution in [0.5, 0.6) is 0 Å². The second kappa shape index (κ2) is 7.41. The number of carbonyl (C=O) groups is 2. The molecular weight excluding hydrogens is 244 g/mol. The van der Waals surface area contributed by atoms with Crippen molar-refractivity contribution >= 4 is 17.6 Å². The molecule has 1 rings (SSSR count). The zero-order chi connectivity index (χ0) is 14.3. The lowest BCUT2D eigenvalue weighted by Gasteiger charge is -2.20. The number of carbonyl (C=O) groups excluding carboxylic acids is 2. The van der Waals surface area contributed by atoms with Crippen molar-refractivity contribution in [2.24, 2.45) is 5.92 Å². The first-order valence-electron chi connectivity index (χ1n) is 6.20. The van der Waals surface area contributed by atoms with Crippen molar-refractivity contribution in [3.8, 4) is 0 Å². The Bertz CT molecular complexity index is 418. The molecule has 0 saturated heterocycles. The molecule has 1 aromatic carbocycles. The lowest BCUT2D eigenvalue weighted by molar-refractivity contribution is -0.146. The summed E-state index contributed by atoms with van der Waals surface area (Å²) in [6.45, 7) is 3.82. The second-order valence-electron chi connectivity index (χ2n) is 4.53. The Kier molecular flexibility index (Phi) is 5.85. The normalized spacial score (nSPS) is 11.8. The summed E-state index contributed by atoms with van der Waals surface area (Å²) in [5, 5.41) is 5.64. The smallest absolute Gasteiger partial charge is 0.328 e. The van der Waals surface area contributed by atoms with Gasteiger partial charge in [-0.1, -0.05) is 32.0 Å². The first kappa shape index (κ1) is 15.0. The van der Waals surface area contributed by atoms with Crippen LogP contribution >= 0.6 is 0 Å². The summed E-state index contributed by atoms with van der Waals surface area (Å²) < 4.78 is 4.66. The van der Waals surface area contributed by atoms with E-state index in [-0.39, 0.29) is 18.4 Å². The van der Waals surface area contributed by atoms with Gasteiger partial charge in [-0.2, -0.15) is 0 Å². The van der Waals surface area contributed by atoms with Crippen molar-refractivity contribution in [3.63, 3.8) is 0 Å². The molecule has 0 radical (unpaired) electrons. The number of ether oxygens (including phenoxy) is 1. The summed E-state index contributed by atoms with van der Waals surface area (Å²) in [7, 11) is 1.31. The van der Waals surface area contributed by atoms with Crippen LogP contribution in [0.4, 0.5) is 5.69 Å². The van der Waals surface area contributed by atoms with Gasteiger partial charge >= 0.3 is 5.97 Å². The molecule has 0 aliphatic rings. The maximum atomic E-state index is 11.8. The van der Waals surface area contributed by atoms with Crippen molar-refractivity contribution in [3.05, 3.63) is 30.3 Å². The lowest BCUT2D eigenvalue weighted by atomic mass is 10.0. The van der Waals surface area contributed by atoms with Crippen molar-refractivity contribution < 1.29 is 14.3 Å². The quantitative estimate of drug-likeness (QED) is 0.762. The molecule has 2 N–H and O–H groups in total. The third kappa shape index (κ3) is 4.99. The Labute approximate surface area is 113 Å². The maximum Gasteiger partial charge on any atom is 0.328 e. The van der Waals surface area contributed by atoms with E-state index in [0.29, 0.717) is 0 Å². The molecule has 0 fully saturated rings. The van der Waals surface area contributed by atoms with Crippen LogP contribution in [0.2, 0.25) is 0 Å². The summed E-state index contributed by atoms with van der Waals surface area (Å²) in [4.78, 5) is 23.3. The monoisotopic (exact) mass is 264 g/mol. The average molecular weight is 264 g/mol. The Balaban J connectivity index is 2.47. The number of esters is 1. The van der Waals surface area contributed by atoms with Gasteiger partial charge in [-0.05, 0) is 18.1 Å². The number of hydrogen-bond acceptors (Lipinski definition) is 4. The molecule has 1 unspecified atom stereocenters. The molecule has 5 nitrogen and oxygen atoms in total. The highest BCUT2D eigenvalue weighted by molar-refractivity contribution is 5.86. The van der Waals surface area contributed by atoms with E-state index in [4.69, 9.17) is 0 Å². The van der Waals surface area contributed by atoms with E-state index in [1.165, 1.54) is 7.11 Å². The summed E-state index contributed by atoms with van der Waals surface area (Å²) in [6, 6.07) is 8.78. The number of para-hydroxylation sites is 1. The van der Waals surface area contributed by atoms with Gasteiger partial charge in [0.2, 0.25) is 5.91 Å². The van der Waals surface area contributed by atoms with Crippen LogP contribution in [0.1, 0.15) is 13.8 Å². The Hall–Kier alpha value is -2.04. The van der Waals surface area contributed by atoms with Crippen LogP contribution in [0.3, 0.4) is 0 Å². The Morgan fingerprint density at radius 3 is 2.37 bits per heavy atom. The highest BCUT2D eigenvalue weighted by Crippen LogP contribution is 2.05. The first-order valence-corrected chi connectivity index (χ1v) is 6.20. The minimum Gasteiger partial charge on any atom is -0.467 e. The van der Waals surface area contributed by atoms with Gasteiger partial charge in [0.05, 0.1) is 13.7 Å². The van der Waals surface area contributed by atoms with E-state index in [0.717, 1.165) is 5.69 Å². The molecule has 0 aliphatic heterocycles. The van der Waals surface area contributed by atoms with E-state index < -0.39 is 12.0 Å². The van der Waals surface area contributed by atoms with Gasteiger partial charge in [0.15, 0.2) is 0 Å². The molecular formula is C14H20N2O3. The fourth-order valence-corrected chi connectivity index (χ4v) is 1.59. The molecule has 1 aromatic rings. The predicted molar refractivity (Wildman–Crippen MR) is 73.7 cm³/mol. The van der Waals surface area contributed by atoms with E-state index in [1.807, 2.05) is 44.2 Å². The fourth-order valence-electron chi connectivity index (χ4n) is 1.59. The number of anilines is 1. The van der Waals surface area contributed by atoms with Crippen LogP contribution in [0, 0.1) is 5.92 Å². The van der Waals surface area contributed by atoms with Gasteiger partial charge in [0.25, 0.3) is 0 Å². The summed E-state index contributed by atoms with van der Waals surface area (Å²) >= 11 is 0. The Morgan fingerprint density at radius 1 is 1.21 bits per heavy atom. The third-order valence-electron chi connectivity index (χ3n) is 2.67. The highest BCUT2D eigenvalue weighted by atomic mass is 16.5. The molecule has 5 heteroatoms. The molecule has 0 bridgehead atoms. The number of amides is 1. The minimum atomic E-state index is -0.616. The van der Waals surface area contributed by atoms with E-state index >= 15 is 0 Å². The maximum absolute atomic E-state index is 11.8. The SMILES string of the molecule is COC(=O)C(NC(=O)CNc1ccccc1)C(C)C. The van der Waals surface area contributed by atoms with Crippen LogP contribution < -0.4 is 10.6 Å². The molecule has 0 heterocycles. The number of benzene rings is 1. The Morgan fingerprint density at radius 2 is 1.84 bits per heavy atom. The van der Waals surface area contributed by atoms with Crippen LogP contribution in [-0.2, 0) is 14.3 Å². The van der Waals surface area contributed by atoms with Crippen LogP contribution in [0.25, 0.3) is 0 Å². The molecule has 0 aliphatic carbocycles. The molecule has 104 valence electrons. The van der Waals surface area contributed by atoms with Crippen molar-refractivity contribution in [2.45, 2.75) is 19.9 Å². The predicted octanol–water partition coefficient (Wildman–Crippen LogP) is 1.41. The topological polar surface area (TPSA) is 67.4 Å². The molecule has 0 saturated carbocycles. The van der Waals surface area contributed by atoms with Crippen molar-refractivity contribution in [1.29, 1.82) is 0 Å². The molecule has 19 heavy (non-hydrogen) atoms. The van der Waals surface area contributed by atoms with Gasteiger partial charge in [-0.25, -0.2) is 4.79 Å². The van der Waals surface area contributed by atoms with Crippen molar-refractivity contribution in [1.82, 2.24) is 5.32 Å². The molecule has 0 spiro atoms. The van der Waals surface area contributed by atoms with Crippen molar-refractivity contribution in [2.75, 3.05) is 19.0 Å². The summed E-state index contributed by atoms with van der Waals surface area (Å²) in [6.07, 6.45) is 0. The van der Waals surface area contributed by atoms with Gasteiger partial charge in [0.1, 0.15) is 6.04 Å². The minimum absolute atomic E-state index is 0.0203. The lowest BCUT2D eigenvalue weighted by Crippen LogP contribution is -2.46. The van der Waals surface area contributed by atoms with Gasteiger partial charge < -0.3 is 15.4 Å². The summed E-state index contributed by atoms with van der Waals surface area (Å²) in [5.41, 5.74) is 0.858. The van der Waals surface area contributed by atoms with Gasteiger partial charge in [0, 0.05) is 5.69 Å². The standard InChI is InChI=1S/C14H20N2O3/c1-10(2)13(14(18)19-3)16-12(17)9-15-11-7-5-4-6-8-11/h4-8,10,13,15H,9H2,1-3H3,(H,16,17). The zero-order valence-corrected chi connectivity index (χ0v) is 11.5. The number of rotatable bonds is 6. The summed E-state index contributed by atoms with van der Waals surface area (Å²) in [5.74, 6) is -0.691. The molecule has 1 atom stereocenters. The first-order chi connectivity index (χ1) is 9.04. The zero-order valence-electron chi connectivity index (χ0n) is 11.5. The number of methoxy groups -OCH3 is 1. The average Bonchev–Trinajstić information content (AvgIpc) is 2.42. The molecule has 1 amide bonds. The van der Waals surface area contributed by atoms with E-state index in [2.05, 4.69) is 15.4 Å². The molecule has 0 aromatic heterocycles. The van der Waals surface area contributed by atoms with Gasteiger partial charge in [-0.3, -0.25) is 4.79 Å². The third-order valence-corrected chi connectivity index (χ3v) is 2.67. The van der Waals surface area contributed by atoms with Crippen LogP contribution in [-0.4, -0.2) is 31.6 Å². The number of hydrogen-bond donors (Lipinski definition) is 2. The largest absolute Gasteiger partial charge is 0.467 e. The number of nitrogens with one attached hydrogen (secondary N) is 2. The van der Waals surface area contributed by atoms with E-state index in [1.54, 1.807) is 0 Å². The fraction of sp³-hybridized carbons (Fsp3) is 0.429. The van der Waals surface area contributed by atoms with E-state index in [9.17, 15) is 9.59 Å². The highest BCUT2D eigenvalue weighted by Gasteiger charge is 2.24. The second-order valence-corrected chi connectivity index (χ2v) is 4.53. The van der Waals surface area contributed by atoms with Gasteiger partial charge in [-0.15, -0.1) is 0 Å².